The van der Waals surface area contributed by atoms with E-state index in [0.29, 0.717) is 23.1 Å². The number of rotatable bonds is 3. The zero-order valence-corrected chi connectivity index (χ0v) is 16.4. The lowest BCUT2D eigenvalue weighted by Gasteiger charge is -2.54. The number of amides is 1. The minimum atomic E-state index is -4.54. The van der Waals surface area contributed by atoms with Crippen molar-refractivity contribution in [2.45, 2.75) is 38.6 Å². The van der Waals surface area contributed by atoms with Gasteiger partial charge in [-0.1, -0.05) is 29.3 Å². The first-order valence-electron chi connectivity index (χ1n) is 8.77. The van der Waals surface area contributed by atoms with Gasteiger partial charge in [-0.3, -0.25) is 4.90 Å². The van der Waals surface area contributed by atoms with Crippen LogP contribution in [0, 0.1) is 5.41 Å². The largest absolute Gasteiger partial charge is 0.437 e. The highest BCUT2D eigenvalue weighted by Crippen LogP contribution is 2.41. The van der Waals surface area contributed by atoms with E-state index in [0.717, 1.165) is 45.0 Å². The molecule has 9 heteroatoms. The summed E-state index contributed by atoms with van der Waals surface area (Å²) in [6.07, 6.45) is -5.99. The molecule has 0 bridgehead atoms. The number of carbonyl (C=O) groups excluding carboxylic acids is 1. The first kappa shape index (κ1) is 20.6. The first-order chi connectivity index (χ1) is 12.6. The van der Waals surface area contributed by atoms with E-state index in [4.69, 9.17) is 23.2 Å². The summed E-state index contributed by atoms with van der Waals surface area (Å²) in [5.41, 5.74) is 1.21. The lowest BCUT2D eigenvalue weighted by Crippen LogP contribution is -2.60. The number of benzene rings is 1. The summed E-state index contributed by atoms with van der Waals surface area (Å²) in [5.74, 6) is 0. The normalized spacial score (nSPS) is 21.0. The van der Waals surface area contributed by atoms with Crippen LogP contribution < -0.4 is 0 Å². The van der Waals surface area contributed by atoms with E-state index >= 15 is 0 Å². The summed E-state index contributed by atoms with van der Waals surface area (Å²) < 4.78 is 42.1. The standard InChI is InChI=1S/C18H21Cl2F3N2O2/c1-12(18(21,22)23)27-16(26)25-6-4-17(5-7-25)10-24(11-17)9-13-2-3-14(19)15(20)8-13/h2-3,8,12H,4-7,9-11H2,1H3. The second-order valence-electron chi connectivity index (χ2n) is 7.45. The Morgan fingerprint density at radius 3 is 2.41 bits per heavy atom. The number of hydrogen-bond donors (Lipinski definition) is 0. The number of nitrogens with zero attached hydrogens (tertiary/aromatic N) is 2. The van der Waals surface area contributed by atoms with E-state index in [1.165, 1.54) is 4.90 Å². The molecule has 0 saturated carbocycles. The Morgan fingerprint density at radius 2 is 1.85 bits per heavy atom. The molecule has 2 aliphatic rings. The Hall–Kier alpha value is -1.18. The third-order valence-electron chi connectivity index (χ3n) is 5.33. The van der Waals surface area contributed by atoms with Crippen LogP contribution >= 0.6 is 23.2 Å². The highest BCUT2D eigenvalue weighted by molar-refractivity contribution is 6.42. The molecular formula is C18H21Cl2F3N2O2. The minimum Gasteiger partial charge on any atom is -0.437 e. The number of hydrogen-bond acceptors (Lipinski definition) is 3. The van der Waals surface area contributed by atoms with Gasteiger partial charge in [0, 0.05) is 32.7 Å². The van der Waals surface area contributed by atoms with Gasteiger partial charge in [-0.25, -0.2) is 4.79 Å². The smallest absolute Gasteiger partial charge is 0.425 e. The van der Waals surface area contributed by atoms with E-state index in [9.17, 15) is 18.0 Å². The second kappa shape index (κ2) is 7.68. The lowest BCUT2D eigenvalue weighted by atomic mass is 9.72. The number of halogens is 5. The Balaban J connectivity index is 1.45. The molecule has 2 heterocycles. The maximum absolute atomic E-state index is 12.5. The number of likely N-dealkylation sites (tertiary alicyclic amines) is 2. The summed E-state index contributed by atoms with van der Waals surface area (Å²) in [5, 5.41) is 1.06. The van der Waals surface area contributed by atoms with Crippen molar-refractivity contribution in [3.05, 3.63) is 33.8 Å². The molecule has 1 unspecified atom stereocenters. The van der Waals surface area contributed by atoms with Crippen molar-refractivity contribution in [3.8, 4) is 0 Å². The van der Waals surface area contributed by atoms with E-state index in [1.54, 1.807) is 6.07 Å². The molecule has 1 aromatic carbocycles. The van der Waals surface area contributed by atoms with Crippen LogP contribution in [0.1, 0.15) is 25.3 Å². The molecule has 0 aromatic heterocycles. The van der Waals surface area contributed by atoms with Crippen molar-refractivity contribution in [3.63, 3.8) is 0 Å². The quantitative estimate of drug-likeness (QED) is 0.685. The molecule has 0 radical (unpaired) electrons. The maximum Gasteiger partial charge on any atom is 0.425 e. The zero-order valence-electron chi connectivity index (χ0n) is 14.9. The van der Waals surface area contributed by atoms with Crippen LogP contribution in [0.3, 0.4) is 0 Å². The van der Waals surface area contributed by atoms with Crippen LogP contribution in [0.15, 0.2) is 18.2 Å². The molecule has 2 fully saturated rings. The van der Waals surface area contributed by atoms with Gasteiger partial charge >= 0.3 is 12.3 Å². The topological polar surface area (TPSA) is 32.8 Å². The highest BCUT2D eigenvalue weighted by atomic mass is 35.5. The molecule has 27 heavy (non-hydrogen) atoms. The van der Waals surface area contributed by atoms with Gasteiger partial charge in [-0.2, -0.15) is 13.2 Å². The molecule has 3 rings (SSSR count). The van der Waals surface area contributed by atoms with Crippen molar-refractivity contribution >= 4 is 29.3 Å². The Kier molecular flexibility index (Phi) is 5.85. The Morgan fingerprint density at radius 1 is 1.22 bits per heavy atom. The van der Waals surface area contributed by atoms with Gasteiger partial charge in [0.25, 0.3) is 0 Å². The fraction of sp³-hybridized carbons (Fsp3) is 0.611. The molecule has 1 spiro atoms. The molecule has 150 valence electrons. The number of carbonyl (C=O) groups is 1. The van der Waals surface area contributed by atoms with Crippen molar-refractivity contribution in [2.24, 2.45) is 5.41 Å². The highest BCUT2D eigenvalue weighted by Gasteiger charge is 2.46. The summed E-state index contributed by atoms with van der Waals surface area (Å²) in [6.45, 7) is 4.25. The average Bonchev–Trinajstić information content (AvgIpc) is 2.56. The van der Waals surface area contributed by atoms with Gasteiger partial charge < -0.3 is 9.64 Å². The maximum atomic E-state index is 12.5. The SMILES string of the molecule is CC(OC(=O)N1CCC2(CC1)CN(Cc1ccc(Cl)c(Cl)c1)C2)C(F)(F)F. The molecule has 1 atom stereocenters. The van der Waals surface area contributed by atoms with Crippen molar-refractivity contribution < 1.29 is 22.7 Å². The predicted octanol–water partition coefficient (Wildman–Crippen LogP) is 4.98. The van der Waals surface area contributed by atoms with Crippen LogP contribution in [0.25, 0.3) is 0 Å². The molecule has 1 amide bonds. The lowest BCUT2D eigenvalue weighted by molar-refractivity contribution is -0.200. The van der Waals surface area contributed by atoms with Gasteiger partial charge in [-0.15, -0.1) is 0 Å². The van der Waals surface area contributed by atoms with E-state index in [1.807, 2.05) is 12.1 Å². The molecule has 2 saturated heterocycles. The number of alkyl halides is 3. The number of ether oxygens (including phenoxy) is 1. The monoisotopic (exact) mass is 424 g/mol. The summed E-state index contributed by atoms with van der Waals surface area (Å²) >= 11 is 12.0. The zero-order chi connectivity index (χ0) is 19.8. The Labute approximate surface area is 166 Å². The van der Waals surface area contributed by atoms with Gasteiger partial charge in [0.1, 0.15) is 0 Å². The Bertz CT molecular complexity index is 698. The van der Waals surface area contributed by atoms with E-state index < -0.39 is 18.4 Å². The number of piperidine rings is 1. The summed E-state index contributed by atoms with van der Waals surface area (Å²) in [4.78, 5) is 15.6. The van der Waals surface area contributed by atoms with Crippen LogP contribution in [-0.4, -0.2) is 54.4 Å². The van der Waals surface area contributed by atoms with Crippen LogP contribution in [0.2, 0.25) is 10.0 Å². The van der Waals surface area contributed by atoms with Gasteiger partial charge in [0.05, 0.1) is 10.0 Å². The van der Waals surface area contributed by atoms with Gasteiger partial charge in [-0.05, 0) is 42.9 Å². The minimum absolute atomic E-state index is 0.128. The van der Waals surface area contributed by atoms with Gasteiger partial charge in [0.15, 0.2) is 6.10 Å². The first-order valence-corrected chi connectivity index (χ1v) is 9.52. The molecule has 4 nitrogen and oxygen atoms in total. The molecular weight excluding hydrogens is 404 g/mol. The van der Waals surface area contributed by atoms with E-state index in [-0.39, 0.29) is 5.41 Å². The molecule has 1 aromatic rings. The van der Waals surface area contributed by atoms with Crippen LogP contribution in [0.4, 0.5) is 18.0 Å². The van der Waals surface area contributed by atoms with Crippen LogP contribution in [0.5, 0.6) is 0 Å². The van der Waals surface area contributed by atoms with Crippen molar-refractivity contribution in [1.29, 1.82) is 0 Å². The van der Waals surface area contributed by atoms with Crippen molar-refractivity contribution in [2.75, 3.05) is 26.2 Å². The van der Waals surface area contributed by atoms with Gasteiger partial charge in [0.2, 0.25) is 0 Å². The molecule has 0 aliphatic carbocycles. The average molecular weight is 425 g/mol. The van der Waals surface area contributed by atoms with E-state index in [2.05, 4.69) is 9.64 Å². The second-order valence-corrected chi connectivity index (χ2v) is 8.26. The molecule has 0 N–H and O–H groups in total. The molecule has 2 aliphatic heterocycles. The summed E-state index contributed by atoms with van der Waals surface area (Å²) in [6, 6.07) is 5.58. The van der Waals surface area contributed by atoms with Crippen LogP contribution in [-0.2, 0) is 11.3 Å². The fourth-order valence-corrected chi connectivity index (χ4v) is 4.00. The van der Waals surface area contributed by atoms with Crippen molar-refractivity contribution in [1.82, 2.24) is 9.80 Å². The fourth-order valence-electron chi connectivity index (χ4n) is 3.68. The predicted molar refractivity (Wildman–Crippen MR) is 97.0 cm³/mol. The third-order valence-corrected chi connectivity index (χ3v) is 6.07. The summed E-state index contributed by atoms with van der Waals surface area (Å²) in [7, 11) is 0. The third kappa shape index (κ3) is 4.81.